The first kappa shape index (κ1) is 12.4. The SMILES string of the molecule is NC1=NC(N)(Cc2ccccc2Br)NC=C1Cl. The first-order valence-corrected chi connectivity index (χ1v) is 6.19. The lowest BCUT2D eigenvalue weighted by molar-refractivity contribution is 0.389. The Kier molecular flexibility index (Phi) is 3.42. The lowest BCUT2D eigenvalue weighted by atomic mass is 10.1. The Morgan fingerprint density at radius 3 is 2.76 bits per heavy atom. The third-order valence-corrected chi connectivity index (χ3v) is 3.51. The van der Waals surface area contributed by atoms with Gasteiger partial charge in [-0.1, -0.05) is 45.7 Å². The van der Waals surface area contributed by atoms with Crippen molar-refractivity contribution in [2.24, 2.45) is 16.5 Å². The maximum atomic E-state index is 6.11. The van der Waals surface area contributed by atoms with E-state index in [4.69, 9.17) is 23.1 Å². The summed E-state index contributed by atoms with van der Waals surface area (Å²) in [5.74, 6) is -0.702. The normalized spacial score (nSPS) is 23.7. The minimum absolute atomic E-state index is 0.250. The molecule has 17 heavy (non-hydrogen) atoms. The Morgan fingerprint density at radius 2 is 2.12 bits per heavy atom. The van der Waals surface area contributed by atoms with Crippen molar-refractivity contribution in [3.63, 3.8) is 0 Å². The highest BCUT2D eigenvalue weighted by Gasteiger charge is 2.27. The number of hydrogen-bond acceptors (Lipinski definition) is 4. The quantitative estimate of drug-likeness (QED) is 0.776. The highest BCUT2D eigenvalue weighted by Crippen LogP contribution is 2.22. The zero-order chi connectivity index (χ0) is 12.5. The minimum atomic E-state index is -0.952. The number of amidine groups is 1. The molecule has 90 valence electrons. The van der Waals surface area contributed by atoms with E-state index in [-0.39, 0.29) is 5.84 Å². The van der Waals surface area contributed by atoms with Crippen LogP contribution in [-0.4, -0.2) is 11.6 Å². The molecule has 1 aromatic rings. The van der Waals surface area contributed by atoms with E-state index < -0.39 is 5.79 Å². The van der Waals surface area contributed by atoms with Gasteiger partial charge in [0.25, 0.3) is 0 Å². The second-order valence-electron chi connectivity index (χ2n) is 3.83. The van der Waals surface area contributed by atoms with Crippen LogP contribution in [0.1, 0.15) is 5.56 Å². The van der Waals surface area contributed by atoms with E-state index in [1.165, 1.54) is 0 Å². The zero-order valence-electron chi connectivity index (χ0n) is 8.95. The molecule has 1 heterocycles. The molecule has 1 aliphatic heterocycles. The third kappa shape index (κ3) is 2.80. The van der Waals surface area contributed by atoms with Crippen molar-refractivity contribution in [2.75, 3.05) is 0 Å². The van der Waals surface area contributed by atoms with Gasteiger partial charge in [-0.05, 0) is 11.6 Å². The fourth-order valence-electron chi connectivity index (χ4n) is 1.59. The summed E-state index contributed by atoms with van der Waals surface area (Å²) in [5.41, 5.74) is 12.8. The van der Waals surface area contributed by atoms with E-state index in [1.54, 1.807) is 6.20 Å². The van der Waals surface area contributed by atoms with E-state index in [2.05, 4.69) is 26.2 Å². The van der Waals surface area contributed by atoms with Crippen molar-refractivity contribution in [2.45, 2.75) is 12.2 Å². The standard InChI is InChI=1S/C11H12BrClN4/c12-8-4-2-1-3-7(8)5-11(15)16-6-9(13)10(14)17-11/h1-4,6,16H,5,15H2,(H2,14,17). The largest absolute Gasteiger partial charge is 0.383 e. The monoisotopic (exact) mass is 314 g/mol. The summed E-state index contributed by atoms with van der Waals surface area (Å²) in [4.78, 5) is 4.17. The van der Waals surface area contributed by atoms with Crippen LogP contribution in [0.15, 0.2) is 45.0 Å². The summed E-state index contributed by atoms with van der Waals surface area (Å²) in [6, 6.07) is 7.82. The molecule has 1 unspecified atom stereocenters. The maximum Gasteiger partial charge on any atom is 0.188 e. The molecule has 0 bridgehead atoms. The van der Waals surface area contributed by atoms with Gasteiger partial charge in [0.05, 0.1) is 5.03 Å². The average molecular weight is 316 g/mol. The van der Waals surface area contributed by atoms with Gasteiger partial charge in [0.15, 0.2) is 5.79 Å². The summed E-state index contributed by atoms with van der Waals surface area (Å²) < 4.78 is 0.987. The van der Waals surface area contributed by atoms with Crippen LogP contribution in [0.3, 0.4) is 0 Å². The van der Waals surface area contributed by atoms with Crippen molar-refractivity contribution in [1.82, 2.24) is 5.32 Å². The molecule has 1 aromatic carbocycles. The molecule has 6 heteroatoms. The van der Waals surface area contributed by atoms with Gasteiger partial charge < -0.3 is 11.1 Å². The molecule has 2 rings (SSSR count). The fourth-order valence-corrected chi connectivity index (χ4v) is 2.11. The van der Waals surface area contributed by atoms with Gasteiger partial charge in [-0.2, -0.15) is 0 Å². The first-order chi connectivity index (χ1) is 8.00. The zero-order valence-corrected chi connectivity index (χ0v) is 11.3. The molecule has 0 amide bonds. The molecule has 0 aromatic heterocycles. The van der Waals surface area contributed by atoms with Crippen LogP contribution >= 0.6 is 27.5 Å². The Hall–Kier alpha value is -1.04. The molecule has 0 radical (unpaired) electrons. The fraction of sp³-hybridized carbons (Fsp3) is 0.182. The first-order valence-electron chi connectivity index (χ1n) is 5.01. The molecule has 0 saturated carbocycles. The van der Waals surface area contributed by atoms with Crippen LogP contribution in [0.2, 0.25) is 0 Å². The lowest BCUT2D eigenvalue weighted by Crippen LogP contribution is -2.54. The van der Waals surface area contributed by atoms with E-state index in [9.17, 15) is 0 Å². The van der Waals surface area contributed by atoms with E-state index in [1.807, 2.05) is 24.3 Å². The molecule has 0 aliphatic carbocycles. The van der Waals surface area contributed by atoms with E-state index in [0.29, 0.717) is 11.5 Å². The van der Waals surface area contributed by atoms with Crippen molar-refractivity contribution < 1.29 is 0 Å². The number of aliphatic imine (C=N–C) groups is 1. The minimum Gasteiger partial charge on any atom is -0.383 e. The third-order valence-electron chi connectivity index (χ3n) is 2.43. The maximum absolute atomic E-state index is 6.11. The van der Waals surface area contributed by atoms with Crippen molar-refractivity contribution in [3.05, 3.63) is 45.5 Å². The van der Waals surface area contributed by atoms with Crippen molar-refractivity contribution in [3.8, 4) is 0 Å². The second-order valence-corrected chi connectivity index (χ2v) is 5.09. The number of nitrogens with one attached hydrogen (secondary N) is 1. The topological polar surface area (TPSA) is 76.4 Å². The van der Waals surface area contributed by atoms with Crippen LogP contribution in [0.25, 0.3) is 0 Å². The van der Waals surface area contributed by atoms with Crippen LogP contribution in [-0.2, 0) is 6.42 Å². The number of rotatable bonds is 2. The Morgan fingerprint density at radius 1 is 1.41 bits per heavy atom. The van der Waals surface area contributed by atoms with Gasteiger partial charge in [-0.25, -0.2) is 4.99 Å². The van der Waals surface area contributed by atoms with Crippen LogP contribution in [0.5, 0.6) is 0 Å². The molecule has 1 atom stereocenters. The van der Waals surface area contributed by atoms with E-state index >= 15 is 0 Å². The molecular weight excluding hydrogens is 304 g/mol. The van der Waals surface area contributed by atoms with Crippen LogP contribution < -0.4 is 16.8 Å². The molecule has 0 saturated heterocycles. The number of hydrogen-bond donors (Lipinski definition) is 3. The summed E-state index contributed by atoms with van der Waals surface area (Å²) >= 11 is 9.28. The molecular formula is C11H12BrClN4. The predicted octanol–water partition coefficient (Wildman–Crippen LogP) is 1.64. The number of halogens is 2. The molecule has 0 fully saturated rings. The van der Waals surface area contributed by atoms with Gasteiger partial charge in [-0.3, -0.25) is 5.73 Å². The molecule has 5 N–H and O–H groups in total. The summed E-state index contributed by atoms with van der Waals surface area (Å²) in [5, 5.41) is 3.32. The average Bonchev–Trinajstić information content (AvgIpc) is 2.28. The Balaban J connectivity index is 2.23. The van der Waals surface area contributed by atoms with Gasteiger partial charge in [0.2, 0.25) is 0 Å². The van der Waals surface area contributed by atoms with Gasteiger partial charge >= 0.3 is 0 Å². The van der Waals surface area contributed by atoms with Gasteiger partial charge in [-0.15, -0.1) is 0 Å². The highest BCUT2D eigenvalue weighted by molar-refractivity contribution is 9.10. The Labute approximate surface area is 113 Å². The highest BCUT2D eigenvalue weighted by atomic mass is 79.9. The van der Waals surface area contributed by atoms with Crippen molar-refractivity contribution >= 4 is 33.4 Å². The molecule has 4 nitrogen and oxygen atoms in total. The smallest absolute Gasteiger partial charge is 0.188 e. The summed E-state index contributed by atoms with van der Waals surface area (Å²) in [6.07, 6.45) is 2.08. The summed E-state index contributed by atoms with van der Waals surface area (Å²) in [7, 11) is 0. The number of benzene rings is 1. The van der Waals surface area contributed by atoms with E-state index in [0.717, 1.165) is 10.0 Å². The second kappa shape index (κ2) is 4.68. The van der Waals surface area contributed by atoms with Crippen LogP contribution in [0, 0.1) is 0 Å². The molecule has 1 aliphatic rings. The predicted molar refractivity (Wildman–Crippen MR) is 73.5 cm³/mol. The summed E-state index contributed by atoms with van der Waals surface area (Å²) in [6.45, 7) is 0. The lowest BCUT2D eigenvalue weighted by Gasteiger charge is -2.29. The number of nitrogens with two attached hydrogens (primary N) is 2. The number of nitrogens with zero attached hydrogens (tertiary/aromatic N) is 1. The van der Waals surface area contributed by atoms with Gasteiger partial charge in [0, 0.05) is 17.1 Å². The molecule has 0 spiro atoms. The van der Waals surface area contributed by atoms with Crippen LogP contribution in [0.4, 0.5) is 0 Å². The van der Waals surface area contributed by atoms with Crippen molar-refractivity contribution in [1.29, 1.82) is 0 Å². The Bertz CT molecular complexity index is 500. The van der Waals surface area contributed by atoms with Gasteiger partial charge in [0.1, 0.15) is 5.84 Å².